The van der Waals surface area contributed by atoms with Gasteiger partial charge in [0.25, 0.3) is 0 Å². The van der Waals surface area contributed by atoms with Gasteiger partial charge in [0.15, 0.2) is 5.78 Å². The number of rotatable bonds is 8. The largest absolute Gasteiger partial charge is 0.332 e. The first-order valence-corrected chi connectivity index (χ1v) is 8.98. The highest BCUT2D eigenvalue weighted by molar-refractivity contribution is 5.88. The Hall–Kier alpha value is -0.860. The summed E-state index contributed by atoms with van der Waals surface area (Å²) in [5.41, 5.74) is 0.0323. The normalized spacial score (nSPS) is 22.4. The van der Waals surface area contributed by atoms with E-state index in [-0.39, 0.29) is 23.1 Å². The Morgan fingerprint density at radius 3 is 2.41 bits per heavy atom. The van der Waals surface area contributed by atoms with E-state index in [2.05, 4.69) is 34.6 Å². The number of ketones is 1. The van der Waals surface area contributed by atoms with Crippen molar-refractivity contribution in [2.45, 2.75) is 86.1 Å². The van der Waals surface area contributed by atoms with Crippen LogP contribution in [-0.2, 0) is 9.59 Å². The molecule has 0 N–H and O–H groups in total. The second-order valence-electron chi connectivity index (χ2n) is 8.27. The maximum absolute atomic E-state index is 12.7. The maximum Gasteiger partial charge on any atom is 0.223 e. The van der Waals surface area contributed by atoms with Gasteiger partial charge in [0, 0.05) is 13.0 Å². The highest BCUT2D eigenvalue weighted by Gasteiger charge is 2.40. The van der Waals surface area contributed by atoms with Crippen LogP contribution in [-0.4, -0.2) is 29.2 Å². The number of carbonyl (C=O) groups is 2. The van der Waals surface area contributed by atoms with Crippen molar-refractivity contribution < 1.29 is 9.59 Å². The van der Waals surface area contributed by atoms with Gasteiger partial charge in [-0.15, -0.1) is 0 Å². The van der Waals surface area contributed by atoms with Gasteiger partial charge in [0.05, 0.1) is 6.04 Å². The average Bonchev–Trinajstić information content (AvgIpc) is 2.79. The highest BCUT2D eigenvalue weighted by Crippen LogP contribution is 2.34. The summed E-state index contributed by atoms with van der Waals surface area (Å²) in [6, 6.07) is -0.183. The monoisotopic (exact) mass is 309 g/mol. The molecule has 0 bridgehead atoms. The first-order valence-electron chi connectivity index (χ1n) is 8.98. The van der Waals surface area contributed by atoms with Gasteiger partial charge in [-0.25, -0.2) is 0 Å². The van der Waals surface area contributed by atoms with E-state index in [1.54, 1.807) is 6.92 Å². The van der Waals surface area contributed by atoms with E-state index >= 15 is 0 Å². The number of amides is 1. The van der Waals surface area contributed by atoms with E-state index in [9.17, 15) is 9.59 Å². The molecule has 0 radical (unpaired) electrons. The first-order chi connectivity index (χ1) is 10.2. The van der Waals surface area contributed by atoms with Crippen LogP contribution in [0.25, 0.3) is 0 Å². The zero-order valence-corrected chi connectivity index (χ0v) is 15.4. The standard InChI is InChI=1S/C19H35NO2/c1-7-8-10-19(5,6)13-17(22)20-11-9-16(12-14(2)3)18(20)15(4)21/h14,16,18H,7-13H2,1-6H3/t16-,18-/m1/s1. The molecule has 0 aromatic heterocycles. The molecule has 1 saturated heterocycles. The number of unbranched alkanes of at least 4 members (excludes halogenated alkanes) is 1. The van der Waals surface area contributed by atoms with Crippen LogP contribution in [0.15, 0.2) is 0 Å². The van der Waals surface area contributed by atoms with Gasteiger partial charge in [-0.1, -0.05) is 47.5 Å². The molecule has 128 valence electrons. The molecule has 3 heteroatoms. The lowest BCUT2D eigenvalue weighted by molar-refractivity contribution is -0.139. The molecule has 1 rings (SSSR count). The van der Waals surface area contributed by atoms with Gasteiger partial charge in [-0.2, -0.15) is 0 Å². The van der Waals surface area contributed by atoms with Crippen molar-refractivity contribution in [3.8, 4) is 0 Å². The summed E-state index contributed by atoms with van der Waals surface area (Å²) >= 11 is 0. The molecule has 0 aromatic carbocycles. The molecule has 3 nitrogen and oxygen atoms in total. The number of hydrogen-bond acceptors (Lipinski definition) is 2. The Morgan fingerprint density at radius 2 is 1.91 bits per heavy atom. The average molecular weight is 309 g/mol. The molecule has 1 amide bonds. The van der Waals surface area contributed by atoms with E-state index in [1.807, 2.05) is 4.90 Å². The Morgan fingerprint density at radius 1 is 1.27 bits per heavy atom. The molecular weight excluding hydrogens is 274 g/mol. The van der Waals surface area contributed by atoms with E-state index in [0.717, 1.165) is 38.6 Å². The van der Waals surface area contributed by atoms with Crippen molar-refractivity contribution in [2.75, 3.05) is 6.54 Å². The third-order valence-electron chi connectivity index (χ3n) is 4.87. The summed E-state index contributed by atoms with van der Waals surface area (Å²) in [5, 5.41) is 0. The van der Waals surface area contributed by atoms with Crippen molar-refractivity contribution in [3.63, 3.8) is 0 Å². The lowest BCUT2D eigenvalue weighted by atomic mass is 9.83. The molecular formula is C19H35NO2. The van der Waals surface area contributed by atoms with Crippen LogP contribution in [0.3, 0.4) is 0 Å². The second kappa shape index (κ2) is 8.12. The number of likely N-dealkylation sites (tertiary alicyclic amines) is 1. The second-order valence-corrected chi connectivity index (χ2v) is 8.27. The lowest BCUT2D eigenvalue weighted by Crippen LogP contribution is -2.44. The molecule has 2 atom stereocenters. The number of hydrogen-bond donors (Lipinski definition) is 0. The van der Waals surface area contributed by atoms with Crippen LogP contribution in [0.4, 0.5) is 0 Å². The van der Waals surface area contributed by atoms with Crippen molar-refractivity contribution in [2.24, 2.45) is 17.3 Å². The minimum Gasteiger partial charge on any atom is -0.332 e. The predicted octanol–water partition coefficient (Wildman–Crippen LogP) is 4.45. The van der Waals surface area contributed by atoms with Crippen molar-refractivity contribution in [1.82, 2.24) is 4.90 Å². The SMILES string of the molecule is CCCCC(C)(C)CC(=O)N1CC[C@H](CC(C)C)[C@H]1C(C)=O. The van der Waals surface area contributed by atoms with Gasteiger partial charge >= 0.3 is 0 Å². The van der Waals surface area contributed by atoms with Crippen molar-refractivity contribution in [3.05, 3.63) is 0 Å². The molecule has 0 aliphatic carbocycles. The minimum atomic E-state index is -0.183. The van der Waals surface area contributed by atoms with E-state index in [1.165, 1.54) is 0 Å². The van der Waals surface area contributed by atoms with Gasteiger partial charge in [-0.3, -0.25) is 9.59 Å². The van der Waals surface area contributed by atoms with Crippen molar-refractivity contribution >= 4 is 11.7 Å². The number of nitrogens with zero attached hydrogens (tertiary/aromatic N) is 1. The van der Waals surface area contributed by atoms with Crippen LogP contribution in [0.2, 0.25) is 0 Å². The van der Waals surface area contributed by atoms with Gasteiger partial charge in [-0.05, 0) is 43.4 Å². The lowest BCUT2D eigenvalue weighted by Gasteiger charge is -2.31. The molecule has 1 heterocycles. The third kappa shape index (κ3) is 5.40. The fourth-order valence-corrected chi connectivity index (χ4v) is 3.79. The smallest absolute Gasteiger partial charge is 0.223 e. The van der Waals surface area contributed by atoms with Crippen molar-refractivity contribution in [1.29, 1.82) is 0 Å². The summed E-state index contributed by atoms with van der Waals surface area (Å²) in [6.45, 7) is 13.3. The van der Waals surface area contributed by atoms with Crippen LogP contribution < -0.4 is 0 Å². The van der Waals surface area contributed by atoms with Gasteiger partial charge in [0.2, 0.25) is 5.91 Å². The maximum atomic E-state index is 12.7. The van der Waals surface area contributed by atoms with E-state index < -0.39 is 0 Å². The molecule has 1 aliphatic heterocycles. The van der Waals surface area contributed by atoms with Gasteiger partial charge < -0.3 is 4.90 Å². The third-order valence-corrected chi connectivity index (χ3v) is 4.87. The van der Waals surface area contributed by atoms with Crippen LogP contribution in [0.1, 0.15) is 80.1 Å². The minimum absolute atomic E-state index is 0.0323. The zero-order chi connectivity index (χ0) is 16.9. The number of Topliss-reactive ketones (excluding diaryl/α,β-unsaturated/α-hetero) is 1. The molecule has 1 fully saturated rings. The summed E-state index contributed by atoms with van der Waals surface area (Å²) in [7, 11) is 0. The first kappa shape index (κ1) is 19.2. The predicted molar refractivity (Wildman–Crippen MR) is 91.7 cm³/mol. The van der Waals surface area contributed by atoms with E-state index in [0.29, 0.717) is 18.3 Å². The summed E-state index contributed by atoms with van der Waals surface area (Å²) in [6.07, 6.45) is 5.96. The summed E-state index contributed by atoms with van der Waals surface area (Å²) in [4.78, 5) is 26.7. The fourth-order valence-electron chi connectivity index (χ4n) is 3.79. The van der Waals surface area contributed by atoms with Crippen LogP contribution in [0, 0.1) is 17.3 Å². The molecule has 22 heavy (non-hydrogen) atoms. The van der Waals surface area contributed by atoms with Gasteiger partial charge in [0.1, 0.15) is 0 Å². The van der Waals surface area contributed by atoms with Crippen LogP contribution in [0.5, 0.6) is 0 Å². The highest BCUT2D eigenvalue weighted by atomic mass is 16.2. The zero-order valence-electron chi connectivity index (χ0n) is 15.4. The molecule has 1 aliphatic rings. The Balaban J connectivity index is 2.73. The summed E-state index contributed by atoms with van der Waals surface area (Å²) in [5.74, 6) is 1.25. The van der Waals surface area contributed by atoms with E-state index in [4.69, 9.17) is 0 Å². The molecule has 0 unspecified atom stereocenters. The Kier molecular flexibility index (Phi) is 7.08. The fraction of sp³-hybridized carbons (Fsp3) is 0.895. The number of carbonyl (C=O) groups excluding carboxylic acids is 2. The summed E-state index contributed by atoms with van der Waals surface area (Å²) < 4.78 is 0. The topological polar surface area (TPSA) is 37.4 Å². The Labute approximate surface area is 136 Å². The molecule has 0 saturated carbocycles. The molecule has 0 spiro atoms. The molecule has 0 aromatic rings. The Bertz CT molecular complexity index is 387. The van der Waals surface area contributed by atoms with Crippen LogP contribution >= 0.6 is 0 Å². The quantitative estimate of drug-likeness (QED) is 0.664.